The Kier molecular flexibility index (Phi) is 2.50. The van der Waals surface area contributed by atoms with Crippen molar-refractivity contribution in [1.29, 1.82) is 0 Å². The molecule has 2 heteroatoms. The van der Waals surface area contributed by atoms with Gasteiger partial charge < -0.3 is 0 Å². The molecule has 0 saturated heterocycles. The number of rotatable bonds is 2. The third-order valence-corrected chi connectivity index (χ3v) is 2.13. The van der Waals surface area contributed by atoms with E-state index in [9.17, 15) is 9.90 Å². The largest absolute Gasteiger partial charge is 0.290 e. The maximum absolute atomic E-state index is 11.9. The Hall–Kier alpha value is -2.09. The zero-order valence-corrected chi connectivity index (χ0v) is 8.01. The molecule has 0 bridgehead atoms. The van der Waals surface area contributed by atoms with Crippen LogP contribution in [0.5, 0.6) is 5.75 Å². The van der Waals surface area contributed by atoms with E-state index in [2.05, 4.69) is 0 Å². The summed E-state index contributed by atoms with van der Waals surface area (Å²) in [6.07, 6.45) is 0. The molecule has 0 fully saturated rings. The van der Waals surface area contributed by atoms with Crippen LogP contribution in [0.15, 0.2) is 54.6 Å². The van der Waals surface area contributed by atoms with Crippen molar-refractivity contribution in [3.63, 3.8) is 0 Å². The number of hydrogen-bond acceptors (Lipinski definition) is 1. The molecule has 2 rings (SSSR count). The lowest BCUT2D eigenvalue weighted by Gasteiger charge is -2.00. The Morgan fingerprint density at radius 3 is 2.13 bits per heavy atom. The fourth-order valence-corrected chi connectivity index (χ4v) is 1.39. The van der Waals surface area contributed by atoms with Crippen LogP contribution in [-0.2, 0) is 5.11 Å². The number of benzene rings is 2. The maximum Gasteiger partial charge on any atom is 0.193 e. The Morgan fingerprint density at radius 2 is 1.47 bits per heavy atom. The predicted octanol–water partition coefficient (Wildman–Crippen LogP) is 3.06. The zero-order valence-electron chi connectivity index (χ0n) is 8.01. The number of ketones is 1. The van der Waals surface area contributed by atoms with Crippen molar-refractivity contribution >= 4 is 5.78 Å². The van der Waals surface area contributed by atoms with Crippen LogP contribution in [0.4, 0.5) is 0 Å². The van der Waals surface area contributed by atoms with Crippen molar-refractivity contribution in [3.8, 4) is 5.75 Å². The molecule has 2 aromatic carbocycles. The summed E-state index contributed by atoms with van der Waals surface area (Å²) < 4.78 is 0. The lowest BCUT2D eigenvalue weighted by molar-refractivity contribution is 0.103. The van der Waals surface area contributed by atoms with E-state index in [0.717, 1.165) is 0 Å². The Morgan fingerprint density at radius 1 is 0.800 bits per heavy atom. The van der Waals surface area contributed by atoms with E-state index in [1.54, 1.807) is 36.4 Å². The molecule has 73 valence electrons. The number of carbonyl (C=O) groups is 1. The van der Waals surface area contributed by atoms with Gasteiger partial charge in [-0.05, 0) is 12.1 Å². The monoisotopic (exact) mass is 197 g/mol. The SMILES string of the molecule is [O]c1cccc(C(=O)c2ccccc2)c1. The Labute approximate surface area is 87.8 Å². The normalized spacial score (nSPS) is 9.87. The second-order valence-electron chi connectivity index (χ2n) is 3.22. The second kappa shape index (κ2) is 3.96. The van der Waals surface area contributed by atoms with Gasteiger partial charge in [0.2, 0.25) is 0 Å². The van der Waals surface area contributed by atoms with Crippen molar-refractivity contribution in [3.05, 3.63) is 65.7 Å². The first-order chi connectivity index (χ1) is 7.27. The Balaban J connectivity index is 2.37. The Bertz CT molecular complexity index is 475. The molecule has 15 heavy (non-hydrogen) atoms. The lowest BCUT2D eigenvalue weighted by Crippen LogP contribution is -1.99. The molecular weight excluding hydrogens is 188 g/mol. The van der Waals surface area contributed by atoms with Gasteiger partial charge in [-0.15, -0.1) is 0 Å². The maximum atomic E-state index is 11.9. The first-order valence-electron chi connectivity index (χ1n) is 4.64. The van der Waals surface area contributed by atoms with Gasteiger partial charge in [-0.2, -0.15) is 0 Å². The van der Waals surface area contributed by atoms with E-state index in [4.69, 9.17) is 0 Å². The average Bonchev–Trinajstić information content (AvgIpc) is 2.29. The molecule has 0 aliphatic rings. The van der Waals surface area contributed by atoms with E-state index in [1.807, 2.05) is 6.07 Å². The minimum Gasteiger partial charge on any atom is -0.290 e. The molecule has 0 aromatic heterocycles. The highest BCUT2D eigenvalue weighted by Gasteiger charge is 2.08. The fraction of sp³-hybridized carbons (Fsp3) is 0. The van der Waals surface area contributed by atoms with Gasteiger partial charge in [0.05, 0.1) is 0 Å². The quantitative estimate of drug-likeness (QED) is 0.681. The van der Waals surface area contributed by atoms with Gasteiger partial charge in [0.15, 0.2) is 11.5 Å². The van der Waals surface area contributed by atoms with Crippen molar-refractivity contribution < 1.29 is 9.90 Å². The summed E-state index contributed by atoms with van der Waals surface area (Å²) in [4.78, 5) is 11.9. The van der Waals surface area contributed by atoms with Crippen molar-refractivity contribution in [1.82, 2.24) is 0 Å². The zero-order chi connectivity index (χ0) is 10.7. The molecule has 0 atom stereocenters. The van der Waals surface area contributed by atoms with Gasteiger partial charge >= 0.3 is 0 Å². The highest BCUT2D eigenvalue weighted by Crippen LogP contribution is 2.15. The van der Waals surface area contributed by atoms with Crippen LogP contribution in [-0.4, -0.2) is 5.78 Å². The molecule has 0 amide bonds. The molecule has 0 aliphatic heterocycles. The first kappa shape index (κ1) is 9.46. The van der Waals surface area contributed by atoms with E-state index in [-0.39, 0.29) is 11.5 Å². The molecule has 0 aliphatic carbocycles. The third kappa shape index (κ3) is 2.05. The van der Waals surface area contributed by atoms with Crippen LogP contribution < -0.4 is 0 Å². The molecule has 2 nitrogen and oxygen atoms in total. The number of carbonyl (C=O) groups excluding carboxylic acids is 1. The van der Waals surface area contributed by atoms with Crippen molar-refractivity contribution in [2.24, 2.45) is 0 Å². The van der Waals surface area contributed by atoms with Gasteiger partial charge in [-0.1, -0.05) is 42.5 Å². The van der Waals surface area contributed by atoms with Gasteiger partial charge in [0.25, 0.3) is 0 Å². The smallest absolute Gasteiger partial charge is 0.193 e. The minimum atomic E-state index is -0.142. The van der Waals surface area contributed by atoms with Crippen molar-refractivity contribution in [2.45, 2.75) is 0 Å². The summed E-state index contributed by atoms with van der Waals surface area (Å²) in [5, 5.41) is 11.1. The highest BCUT2D eigenvalue weighted by atomic mass is 16.3. The molecule has 0 N–H and O–H groups in total. The molecule has 0 spiro atoms. The number of hydrogen-bond donors (Lipinski definition) is 0. The predicted molar refractivity (Wildman–Crippen MR) is 56.4 cm³/mol. The van der Waals surface area contributed by atoms with Gasteiger partial charge in [-0.3, -0.25) is 9.90 Å². The van der Waals surface area contributed by atoms with Crippen LogP contribution in [0.3, 0.4) is 0 Å². The fourth-order valence-electron chi connectivity index (χ4n) is 1.39. The summed E-state index contributed by atoms with van der Waals surface area (Å²) in [7, 11) is 0. The molecular formula is C13H9O2. The third-order valence-electron chi connectivity index (χ3n) is 2.13. The van der Waals surface area contributed by atoms with Crippen LogP contribution in [0.25, 0.3) is 0 Å². The average molecular weight is 197 g/mol. The minimum absolute atomic E-state index is 0.117. The molecule has 0 unspecified atom stereocenters. The van der Waals surface area contributed by atoms with Gasteiger partial charge in [0.1, 0.15) is 0 Å². The molecule has 0 heterocycles. The first-order valence-corrected chi connectivity index (χ1v) is 4.64. The van der Waals surface area contributed by atoms with Crippen LogP contribution >= 0.6 is 0 Å². The molecule has 1 radical (unpaired) electrons. The van der Waals surface area contributed by atoms with E-state index >= 15 is 0 Å². The second-order valence-corrected chi connectivity index (χ2v) is 3.22. The van der Waals surface area contributed by atoms with Crippen molar-refractivity contribution in [2.75, 3.05) is 0 Å². The summed E-state index contributed by atoms with van der Waals surface area (Å²) in [6, 6.07) is 15.0. The molecule has 2 aromatic rings. The standard InChI is InChI=1S/C13H9O2/c14-12-8-4-7-11(9-12)13(15)10-5-2-1-3-6-10/h1-9H. The van der Waals surface area contributed by atoms with Crippen LogP contribution in [0, 0.1) is 0 Å². The summed E-state index contributed by atoms with van der Waals surface area (Å²) in [5.74, 6) is -0.259. The van der Waals surface area contributed by atoms with E-state index in [0.29, 0.717) is 11.1 Å². The lowest BCUT2D eigenvalue weighted by atomic mass is 10.0. The summed E-state index contributed by atoms with van der Waals surface area (Å²) in [5.41, 5.74) is 1.04. The van der Waals surface area contributed by atoms with E-state index in [1.165, 1.54) is 12.1 Å². The van der Waals surface area contributed by atoms with Crippen LogP contribution in [0.2, 0.25) is 0 Å². The van der Waals surface area contributed by atoms with Crippen LogP contribution in [0.1, 0.15) is 15.9 Å². The highest BCUT2D eigenvalue weighted by molar-refractivity contribution is 6.09. The van der Waals surface area contributed by atoms with Gasteiger partial charge in [0, 0.05) is 11.1 Å². The molecule has 0 saturated carbocycles. The topological polar surface area (TPSA) is 37.0 Å². The van der Waals surface area contributed by atoms with E-state index < -0.39 is 0 Å². The summed E-state index contributed by atoms with van der Waals surface area (Å²) >= 11 is 0. The summed E-state index contributed by atoms with van der Waals surface area (Å²) in [6.45, 7) is 0. The van der Waals surface area contributed by atoms with Gasteiger partial charge in [-0.25, -0.2) is 0 Å².